The Hall–Kier alpha value is -0.540. The molecule has 0 atom stereocenters. The lowest BCUT2D eigenvalue weighted by Gasteiger charge is -2.24. The maximum Gasteiger partial charge on any atom is 0.0682 e. The highest BCUT2D eigenvalue weighted by Gasteiger charge is 2.28. The zero-order chi connectivity index (χ0) is 10.8. The summed E-state index contributed by atoms with van der Waals surface area (Å²) in [6, 6.07) is 6.81. The first-order chi connectivity index (χ1) is 7.26. The van der Waals surface area contributed by atoms with E-state index in [0.29, 0.717) is 0 Å². The molecule has 0 aromatic heterocycles. The van der Waals surface area contributed by atoms with Crippen LogP contribution in [0.3, 0.4) is 0 Å². The highest BCUT2D eigenvalue weighted by molar-refractivity contribution is 9.10. The Bertz CT molecular complexity index is 349. The Morgan fingerprint density at radius 2 is 2.20 bits per heavy atom. The molecule has 1 fully saturated rings. The molecule has 1 saturated carbocycles. The van der Waals surface area contributed by atoms with Gasteiger partial charge in [-0.25, -0.2) is 0 Å². The normalized spacial score (nSPS) is 15.4. The predicted octanol–water partition coefficient (Wildman–Crippen LogP) is 2.93. The van der Waals surface area contributed by atoms with Crippen molar-refractivity contribution in [1.29, 1.82) is 0 Å². The van der Waals surface area contributed by atoms with Gasteiger partial charge < -0.3 is 10.0 Å². The van der Waals surface area contributed by atoms with E-state index < -0.39 is 0 Å². The lowest BCUT2D eigenvalue weighted by atomic mass is 10.2. The molecule has 1 aliphatic carbocycles. The molecule has 0 saturated heterocycles. The summed E-state index contributed by atoms with van der Waals surface area (Å²) in [6.45, 7) is 3.33. The first-order valence-electron chi connectivity index (χ1n) is 5.42. The Kier molecular flexibility index (Phi) is 3.32. The molecule has 0 heterocycles. The van der Waals surface area contributed by atoms with Gasteiger partial charge in [0.25, 0.3) is 0 Å². The predicted molar refractivity (Wildman–Crippen MR) is 66.1 cm³/mol. The third kappa shape index (κ3) is 2.34. The van der Waals surface area contributed by atoms with Crippen LogP contribution in [0.5, 0.6) is 0 Å². The number of benzene rings is 1. The van der Waals surface area contributed by atoms with Gasteiger partial charge in [0.2, 0.25) is 0 Å². The molecule has 0 unspecified atom stereocenters. The van der Waals surface area contributed by atoms with E-state index in [0.717, 1.165) is 22.6 Å². The topological polar surface area (TPSA) is 23.5 Å². The molecule has 1 aromatic rings. The van der Waals surface area contributed by atoms with E-state index in [1.807, 2.05) is 12.1 Å². The monoisotopic (exact) mass is 269 g/mol. The highest BCUT2D eigenvalue weighted by atomic mass is 79.9. The van der Waals surface area contributed by atoms with Gasteiger partial charge in [-0.2, -0.15) is 0 Å². The van der Waals surface area contributed by atoms with Crippen LogP contribution in [0.2, 0.25) is 0 Å². The van der Waals surface area contributed by atoms with Crippen molar-refractivity contribution in [3.05, 3.63) is 28.2 Å². The lowest BCUT2D eigenvalue weighted by Crippen LogP contribution is -2.25. The summed E-state index contributed by atoms with van der Waals surface area (Å²) in [6.07, 6.45) is 2.62. The molecular formula is C12H16BrNO. The molecule has 0 bridgehead atoms. The third-order valence-electron chi connectivity index (χ3n) is 2.83. The molecule has 1 N–H and O–H groups in total. The van der Waals surface area contributed by atoms with Gasteiger partial charge in [-0.3, -0.25) is 0 Å². The molecule has 0 radical (unpaired) electrons. The molecule has 3 heteroatoms. The van der Waals surface area contributed by atoms with Crippen molar-refractivity contribution in [2.75, 3.05) is 11.4 Å². The van der Waals surface area contributed by atoms with Crippen molar-refractivity contribution >= 4 is 21.6 Å². The molecule has 0 aliphatic heterocycles. The molecule has 82 valence electrons. The summed E-state index contributed by atoms with van der Waals surface area (Å²) in [4.78, 5) is 2.42. The molecule has 0 amide bonds. The van der Waals surface area contributed by atoms with Crippen LogP contribution >= 0.6 is 15.9 Å². The minimum Gasteiger partial charge on any atom is -0.392 e. The van der Waals surface area contributed by atoms with Crippen LogP contribution in [0.1, 0.15) is 25.3 Å². The SMILES string of the molecule is CCN(c1ccc(CO)cc1Br)C1CC1. The molecular weight excluding hydrogens is 254 g/mol. The van der Waals surface area contributed by atoms with E-state index in [9.17, 15) is 0 Å². The zero-order valence-electron chi connectivity index (χ0n) is 8.91. The van der Waals surface area contributed by atoms with Crippen LogP contribution in [0, 0.1) is 0 Å². The van der Waals surface area contributed by atoms with E-state index in [4.69, 9.17) is 5.11 Å². The number of hydrogen-bond acceptors (Lipinski definition) is 2. The third-order valence-corrected chi connectivity index (χ3v) is 3.47. The molecule has 2 nitrogen and oxygen atoms in total. The highest BCUT2D eigenvalue weighted by Crippen LogP contribution is 2.35. The van der Waals surface area contributed by atoms with Gasteiger partial charge in [-0.05, 0) is 53.4 Å². The van der Waals surface area contributed by atoms with Gasteiger partial charge in [0.1, 0.15) is 0 Å². The van der Waals surface area contributed by atoms with Crippen molar-refractivity contribution in [3.8, 4) is 0 Å². The zero-order valence-corrected chi connectivity index (χ0v) is 10.5. The second-order valence-corrected chi connectivity index (χ2v) is 4.82. The van der Waals surface area contributed by atoms with Crippen molar-refractivity contribution in [1.82, 2.24) is 0 Å². The second kappa shape index (κ2) is 4.54. The molecule has 1 aliphatic rings. The Morgan fingerprint density at radius 3 is 2.67 bits per heavy atom. The van der Waals surface area contributed by atoms with E-state index in [2.05, 4.69) is 33.8 Å². The average Bonchev–Trinajstić information content (AvgIpc) is 3.05. The number of aliphatic hydroxyl groups is 1. The first kappa shape index (κ1) is 11.0. The Balaban J connectivity index is 2.26. The maximum absolute atomic E-state index is 9.04. The van der Waals surface area contributed by atoms with Gasteiger partial charge in [0, 0.05) is 17.1 Å². The van der Waals surface area contributed by atoms with E-state index in [-0.39, 0.29) is 6.61 Å². The fraction of sp³-hybridized carbons (Fsp3) is 0.500. The van der Waals surface area contributed by atoms with Crippen LogP contribution in [0.25, 0.3) is 0 Å². The Labute approximate surface area is 99.0 Å². The van der Waals surface area contributed by atoms with E-state index in [1.165, 1.54) is 18.5 Å². The minimum atomic E-state index is 0.106. The summed E-state index contributed by atoms with van der Waals surface area (Å²) in [5, 5.41) is 9.04. The molecule has 1 aromatic carbocycles. The van der Waals surface area contributed by atoms with Crippen LogP contribution in [-0.2, 0) is 6.61 Å². The minimum absolute atomic E-state index is 0.106. The fourth-order valence-electron chi connectivity index (χ4n) is 1.89. The van der Waals surface area contributed by atoms with E-state index >= 15 is 0 Å². The number of nitrogens with zero attached hydrogens (tertiary/aromatic N) is 1. The molecule has 2 rings (SSSR count). The van der Waals surface area contributed by atoms with Crippen molar-refractivity contribution in [2.45, 2.75) is 32.4 Å². The van der Waals surface area contributed by atoms with Gasteiger partial charge in [0.05, 0.1) is 12.3 Å². The lowest BCUT2D eigenvalue weighted by molar-refractivity contribution is 0.282. The van der Waals surface area contributed by atoms with Crippen LogP contribution in [0.15, 0.2) is 22.7 Å². The summed E-state index contributed by atoms with van der Waals surface area (Å²) < 4.78 is 1.09. The Morgan fingerprint density at radius 1 is 1.47 bits per heavy atom. The second-order valence-electron chi connectivity index (χ2n) is 3.96. The standard InChI is InChI=1S/C12H16BrNO/c1-2-14(10-4-5-10)12-6-3-9(8-15)7-11(12)13/h3,6-7,10,15H,2,4-5,8H2,1H3. The number of hydrogen-bond donors (Lipinski definition) is 1. The van der Waals surface area contributed by atoms with Crippen molar-refractivity contribution in [2.24, 2.45) is 0 Å². The van der Waals surface area contributed by atoms with Crippen LogP contribution in [-0.4, -0.2) is 17.7 Å². The first-order valence-corrected chi connectivity index (χ1v) is 6.21. The van der Waals surface area contributed by atoms with Gasteiger partial charge >= 0.3 is 0 Å². The summed E-state index contributed by atoms with van der Waals surface area (Å²) in [7, 11) is 0. The van der Waals surface area contributed by atoms with Crippen molar-refractivity contribution < 1.29 is 5.11 Å². The van der Waals surface area contributed by atoms with Crippen LogP contribution < -0.4 is 4.90 Å². The van der Waals surface area contributed by atoms with E-state index in [1.54, 1.807) is 0 Å². The van der Waals surface area contributed by atoms with Crippen molar-refractivity contribution in [3.63, 3.8) is 0 Å². The number of rotatable bonds is 4. The smallest absolute Gasteiger partial charge is 0.0682 e. The largest absolute Gasteiger partial charge is 0.392 e. The fourth-order valence-corrected chi connectivity index (χ4v) is 2.55. The van der Waals surface area contributed by atoms with Gasteiger partial charge in [-0.1, -0.05) is 6.07 Å². The number of aliphatic hydroxyl groups excluding tert-OH is 1. The number of anilines is 1. The van der Waals surface area contributed by atoms with Gasteiger partial charge in [0.15, 0.2) is 0 Å². The van der Waals surface area contributed by atoms with Crippen LogP contribution in [0.4, 0.5) is 5.69 Å². The maximum atomic E-state index is 9.04. The summed E-state index contributed by atoms with van der Waals surface area (Å²) in [5.74, 6) is 0. The summed E-state index contributed by atoms with van der Waals surface area (Å²) in [5.41, 5.74) is 2.20. The van der Waals surface area contributed by atoms with Gasteiger partial charge in [-0.15, -0.1) is 0 Å². The number of halogens is 1. The molecule has 15 heavy (non-hydrogen) atoms. The average molecular weight is 270 g/mol. The quantitative estimate of drug-likeness (QED) is 0.909. The summed E-state index contributed by atoms with van der Waals surface area (Å²) >= 11 is 3.57. The molecule has 0 spiro atoms.